The van der Waals surface area contributed by atoms with Crippen LogP contribution in [0.5, 0.6) is 0 Å². The summed E-state index contributed by atoms with van der Waals surface area (Å²) in [5, 5.41) is 3.44. The predicted octanol–water partition coefficient (Wildman–Crippen LogP) is 7.54. The minimum Gasteiger partial charge on any atom is -0.147 e. The van der Waals surface area contributed by atoms with Crippen LogP contribution >= 0.6 is 40.7 Å². The van der Waals surface area contributed by atoms with Crippen LogP contribution in [0.4, 0.5) is 0 Å². The average Bonchev–Trinajstić information content (AvgIpc) is 3.28. The van der Waals surface area contributed by atoms with Gasteiger partial charge in [-0.25, -0.2) is 0 Å². The first-order chi connectivity index (χ1) is 11.7. The van der Waals surface area contributed by atoms with Crippen molar-refractivity contribution in [2.75, 3.05) is 12.3 Å². The van der Waals surface area contributed by atoms with Crippen molar-refractivity contribution in [1.82, 2.24) is 0 Å². The standard InChI is InChI=1S/2C10H12P.2ClH.2Zr/c2*1-2-7-11-8-6-9-4-3-5-10(9)11;;;;/h2*3-6,9H,2,7H2,1H3;2*1H;;. The van der Waals surface area contributed by atoms with Gasteiger partial charge in [0.15, 0.2) is 0 Å². The monoisotopic (exact) mass is 578 g/mol. The summed E-state index contributed by atoms with van der Waals surface area (Å²) >= 11 is 3.28. The van der Waals surface area contributed by atoms with E-state index in [4.69, 9.17) is 0 Å². The molecular weight excluding hydrogens is 556 g/mol. The Morgan fingerprint density at radius 3 is 1.50 bits per heavy atom. The number of fused-ring (bicyclic) bond motifs is 2. The van der Waals surface area contributed by atoms with Crippen molar-refractivity contribution in [2.24, 2.45) is 11.8 Å². The maximum absolute atomic E-state index is 2.48. The average molecular weight is 582 g/mol. The molecule has 0 aromatic carbocycles. The molecule has 2 aliphatic carbocycles. The van der Waals surface area contributed by atoms with Gasteiger partial charge in [-0.1, -0.05) is 0 Å². The molecule has 138 valence electrons. The summed E-state index contributed by atoms with van der Waals surface area (Å²) in [4.78, 5) is 0. The van der Waals surface area contributed by atoms with Gasteiger partial charge in [-0.2, -0.15) is 0 Å². The van der Waals surface area contributed by atoms with E-state index in [1.807, 2.05) is 0 Å². The van der Waals surface area contributed by atoms with Crippen LogP contribution in [0, 0.1) is 11.8 Å². The first-order valence-corrected chi connectivity index (χ1v) is 14.4. The van der Waals surface area contributed by atoms with E-state index in [9.17, 15) is 0 Å². The predicted molar refractivity (Wildman–Crippen MR) is 116 cm³/mol. The summed E-state index contributed by atoms with van der Waals surface area (Å²) < 4.78 is 3.47. The van der Waals surface area contributed by atoms with E-state index in [1.54, 1.807) is 66.1 Å². The van der Waals surface area contributed by atoms with Gasteiger partial charge in [-0.3, -0.25) is 0 Å². The maximum Gasteiger partial charge on any atom is -0.147 e. The zero-order chi connectivity index (χ0) is 17.1. The van der Waals surface area contributed by atoms with Gasteiger partial charge in [0.1, 0.15) is 0 Å². The van der Waals surface area contributed by atoms with Gasteiger partial charge < -0.3 is 0 Å². The molecule has 0 fully saturated rings. The van der Waals surface area contributed by atoms with Crippen molar-refractivity contribution in [3.63, 3.8) is 0 Å². The van der Waals surface area contributed by atoms with Gasteiger partial charge >= 0.3 is 181 Å². The van der Waals surface area contributed by atoms with E-state index in [0.717, 1.165) is 0 Å². The Balaban J connectivity index is 0.000000241. The van der Waals surface area contributed by atoms with E-state index in [0.29, 0.717) is 11.8 Å². The summed E-state index contributed by atoms with van der Waals surface area (Å²) in [6, 6.07) is 0. The van der Waals surface area contributed by atoms with E-state index >= 15 is 0 Å². The SMILES string of the molecule is CCCP1[C]([Zr])=CC2C=CC=C21.CCCP1[C]([Zr])=CC2C=CC=C21.Cl.Cl. The third kappa shape index (κ3) is 5.84. The van der Waals surface area contributed by atoms with Gasteiger partial charge in [0.25, 0.3) is 0 Å². The van der Waals surface area contributed by atoms with Crippen molar-refractivity contribution in [1.29, 1.82) is 0 Å². The van der Waals surface area contributed by atoms with Crippen LogP contribution in [0.3, 0.4) is 0 Å². The maximum atomic E-state index is 2.48. The molecule has 26 heavy (non-hydrogen) atoms. The Bertz CT molecular complexity index is 619. The molecule has 0 amide bonds. The minimum absolute atomic E-state index is 0. The second-order valence-corrected chi connectivity index (χ2v) is 15.7. The van der Waals surface area contributed by atoms with Crippen LogP contribution in [-0.2, 0) is 49.4 Å². The second-order valence-electron chi connectivity index (χ2n) is 6.41. The largest absolute Gasteiger partial charge is 0.147 e. The molecule has 0 aromatic rings. The fourth-order valence-corrected chi connectivity index (χ4v) is 12.7. The molecule has 0 bridgehead atoms. The number of hydrogen-bond acceptors (Lipinski definition) is 0. The molecule has 2 aliphatic heterocycles. The molecule has 4 rings (SSSR count). The summed E-state index contributed by atoms with van der Waals surface area (Å²) in [7, 11) is 0.306. The Morgan fingerprint density at radius 1 is 0.769 bits per heavy atom. The van der Waals surface area contributed by atoms with Crippen LogP contribution in [0.1, 0.15) is 26.7 Å². The van der Waals surface area contributed by atoms with Gasteiger partial charge in [-0.05, 0) is 0 Å². The third-order valence-electron chi connectivity index (χ3n) is 4.63. The first kappa shape index (κ1) is 25.7. The molecule has 4 aliphatic rings. The van der Waals surface area contributed by atoms with Crippen molar-refractivity contribution in [2.45, 2.75) is 26.7 Å². The molecule has 4 unspecified atom stereocenters. The second kappa shape index (κ2) is 12.4. The Hall–Kier alpha value is 1.65. The summed E-state index contributed by atoms with van der Waals surface area (Å²) in [6.45, 7) is 4.59. The number of hydrogen-bond donors (Lipinski definition) is 0. The fraction of sp³-hybridized carbons (Fsp3) is 0.400. The summed E-state index contributed by atoms with van der Waals surface area (Å²) in [5.41, 5.74) is 0. The Labute approximate surface area is 204 Å². The van der Waals surface area contributed by atoms with E-state index in [1.165, 1.54) is 25.2 Å². The van der Waals surface area contributed by atoms with E-state index in [2.05, 4.69) is 62.5 Å². The van der Waals surface area contributed by atoms with Crippen LogP contribution in [0.25, 0.3) is 0 Å². The molecule has 0 radical (unpaired) electrons. The van der Waals surface area contributed by atoms with Crippen molar-refractivity contribution >= 4 is 40.7 Å². The minimum atomic E-state index is 0. The molecule has 0 saturated heterocycles. The molecular formula is C20H26Cl2P2Zr2. The van der Waals surface area contributed by atoms with Gasteiger partial charge in [-0.15, -0.1) is 24.8 Å². The number of allylic oxidation sites excluding steroid dienone is 10. The smallest absolute Gasteiger partial charge is 0.147 e. The summed E-state index contributed by atoms with van der Waals surface area (Å²) in [5.74, 6) is 1.41. The topological polar surface area (TPSA) is 0 Å². The number of halogens is 2. The first-order valence-electron chi connectivity index (χ1n) is 8.84. The van der Waals surface area contributed by atoms with E-state index in [-0.39, 0.29) is 40.7 Å². The number of rotatable bonds is 4. The molecule has 0 spiro atoms. The van der Waals surface area contributed by atoms with Gasteiger partial charge in [0.2, 0.25) is 0 Å². The molecule has 0 nitrogen and oxygen atoms in total. The molecule has 2 heterocycles. The Morgan fingerprint density at radius 2 is 1.15 bits per heavy atom. The zero-order valence-electron chi connectivity index (χ0n) is 15.3. The molecule has 0 aromatic heterocycles. The van der Waals surface area contributed by atoms with Crippen LogP contribution in [-0.4, -0.2) is 12.3 Å². The van der Waals surface area contributed by atoms with Crippen LogP contribution < -0.4 is 0 Å². The normalized spacial score (nSPS) is 29.2. The van der Waals surface area contributed by atoms with Crippen molar-refractivity contribution in [3.05, 3.63) is 65.3 Å². The quantitative estimate of drug-likeness (QED) is 0.301. The Kier molecular flexibility index (Phi) is 12.2. The van der Waals surface area contributed by atoms with Gasteiger partial charge in [0, 0.05) is 0 Å². The van der Waals surface area contributed by atoms with Gasteiger partial charge in [0.05, 0.1) is 0 Å². The van der Waals surface area contributed by atoms with Crippen molar-refractivity contribution < 1.29 is 49.4 Å². The molecule has 0 N–H and O–H groups in total. The zero-order valence-corrected chi connectivity index (χ0v) is 23.7. The molecule has 4 atom stereocenters. The van der Waals surface area contributed by atoms with Crippen molar-refractivity contribution in [3.8, 4) is 0 Å². The summed E-state index contributed by atoms with van der Waals surface area (Å²) in [6.07, 6.45) is 24.3. The van der Waals surface area contributed by atoms with Crippen LogP contribution in [0.2, 0.25) is 0 Å². The van der Waals surface area contributed by atoms with E-state index < -0.39 is 0 Å². The third-order valence-corrected chi connectivity index (χ3v) is 14.8. The molecule has 6 heteroatoms. The molecule has 0 saturated carbocycles. The fourth-order valence-electron chi connectivity index (χ4n) is 3.53. The van der Waals surface area contributed by atoms with Crippen LogP contribution in [0.15, 0.2) is 65.3 Å².